The Morgan fingerprint density at radius 3 is 2.54 bits per heavy atom. The Bertz CT molecular complexity index is 167. The van der Waals surface area contributed by atoms with Crippen LogP contribution in [-0.2, 0) is 0 Å². The maximum atomic E-state index is 2.52. The van der Waals surface area contributed by atoms with Crippen molar-refractivity contribution in [2.75, 3.05) is 0 Å². The third kappa shape index (κ3) is 2.59. The molecular formula is C13H24. The number of allylic oxidation sites excluding steroid dienone is 2. The van der Waals surface area contributed by atoms with Crippen LogP contribution in [0.4, 0.5) is 0 Å². The van der Waals surface area contributed by atoms with Gasteiger partial charge < -0.3 is 0 Å². The summed E-state index contributed by atoms with van der Waals surface area (Å²) in [6.45, 7) is 7.01. The van der Waals surface area contributed by atoms with E-state index in [-0.39, 0.29) is 0 Å². The van der Waals surface area contributed by atoms with Crippen LogP contribution in [-0.4, -0.2) is 0 Å². The maximum absolute atomic E-state index is 2.52. The molecule has 0 aromatic carbocycles. The van der Waals surface area contributed by atoms with Gasteiger partial charge in [-0.15, -0.1) is 0 Å². The molecule has 0 amide bonds. The summed E-state index contributed by atoms with van der Waals surface area (Å²) in [7, 11) is 0. The molecule has 0 aliphatic heterocycles. The highest BCUT2D eigenvalue weighted by atomic mass is 14.3. The van der Waals surface area contributed by atoms with E-state index in [4.69, 9.17) is 0 Å². The molecule has 0 radical (unpaired) electrons. The normalized spacial score (nSPS) is 29.6. The van der Waals surface area contributed by atoms with Crippen molar-refractivity contribution >= 4 is 0 Å². The SMILES string of the molecule is CCC1=CCCCC(CC)C1CC. The van der Waals surface area contributed by atoms with Gasteiger partial charge >= 0.3 is 0 Å². The Morgan fingerprint density at radius 2 is 2.00 bits per heavy atom. The molecule has 2 atom stereocenters. The fourth-order valence-electron chi connectivity index (χ4n) is 2.81. The van der Waals surface area contributed by atoms with Gasteiger partial charge in [-0.25, -0.2) is 0 Å². The summed E-state index contributed by atoms with van der Waals surface area (Å²) in [4.78, 5) is 0. The van der Waals surface area contributed by atoms with E-state index in [1.165, 1.54) is 38.5 Å². The van der Waals surface area contributed by atoms with E-state index in [1.807, 2.05) is 0 Å². The van der Waals surface area contributed by atoms with Gasteiger partial charge in [-0.05, 0) is 43.9 Å². The number of rotatable bonds is 3. The first-order valence-corrected chi connectivity index (χ1v) is 6.02. The Kier molecular flexibility index (Phi) is 4.55. The topological polar surface area (TPSA) is 0 Å². The van der Waals surface area contributed by atoms with E-state index in [0.717, 1.165) is 11.8 Å². The molecule has 0 aromatic heterocycles. The van der Waals surface area contributed by atoms with Gasteiger partial charge in [0.2, 0.25) is 0 Å². The molecule has 1 aliphatic carbocycles. The summed E-state index contributed by atoms with van der Waals surface area (Å²) in [5.74, 6) is 1.87. The van der Waals surface area contributed by atoms with Gasteiger partial charge in [0.25, 0.3) is 0 Å². The molecule has 0 bridgehead atoms. The van der Waals surface area contributed by atoms with Crippen LogP contribution in [0.15, 0.2) is 11.6 Å². The summed E-state index contributed by atoms with van der Waals surface area (Å²) < 4.78 is 0. The molecule has 1 rings (SSSR count). The Morgan fingerprint density at radius 1 is 1.23 bits per heavy atom. The van der Waals surface area contributed by atoms with Gasteiger partial charge in [0.1, 0.15) is 0 Å². The minimum absolute atomic E-state index is 0.900. The van der Waals surface area contributed by atoms with Crippen LogP contribution in [0.25, 0.3) is 0 Å². The second-order valence-electron chi connectivity index (χ2n) is 4.25. The molecule has 0 saturated carbocycles. The number of hydrogen-bond acceptors (Lipinski definition) is 0. The molecule has 0 saturated heterocycles. The second-order valence-corrected chi connectivity index (χ2v) is 4.25. The smallest absolute Gasteiger partial charge is 0.0178 e. The van der Waals surface area contributed by atoms with Crippen LogP contribution in [0.3, 0.4) is 0 Å². The molecule has 76 valence electrons. The lowest BCUT2D eigenvalue weighted by Gasteiger charge is -2.25. The Balaban J connectivity index is 2.72. The molecule has 13 heavy (non-hydrogen) atoms. The van der Waals surface area contributed by atoms with Crippen molar-refractivity contribution < 1.29 is 0 Å². The minimum atomic E-state index is 0.900. The van der Waals surface area contributed by atoms with Crippen molar-refractivity contribution in [2.24, 2.45) is 11.8 Å². The summed E-state index contributed by atoms with van der Waals surface area (Å²) in [6.07, 6.45) is 10.7. The van der Waals surface area contributed by atoms with Crippen LogP contribution >= 0.6 is 0 Å². The monoisotopic (exact) mass is 180 g/mol. The lowest BCUT2D eigenvalue weighted by molar-refractivity contribution is 0.333. The van der Waals surface area contributed by atoms with Crippen LogP contribution < -0.4 is 0 Å². The molecular weight excluding hydrogens is 156 g/mol. The highest BCUT2D eigenvalue weighted by Crippen LogP contribution is 2.35. The van der Waals surface area contributed by atoms with E-state index in [2.05, 4.69) is 26.8 Å². The van der Waals surface area contributed by atoms with E-state index in [1.54, 1.807) is 5.57 Å². The van der Waals surface area contributed by atoms with E-state index < -0.39 is 0 Å². The van der Waals surface area contributed by atoms with Gasteiger partial charge in [-0.3, -0.25) is 0 Å². The average molecular weight is 180 g/mol. The van der Waals surface area contributed by atoms with Gasteiger partial charge in [-0.1, -0.05) is 38.8 Å². The van der Waals surface area contributed by atoms with E-state index in [0.29, 0.717) is 0 Å². The number of hydrogen-bond donors (Lipinski definition) is 0. The van der Waals surface area contributed by atoms with Crippen molar-refractivity contribution in [3.05, 3.63) is 11.6 Å². The molecule has 0 nitrogen and oxygen atoms in total. The van der Waals surface area contributed by atoms with Crippen molar-refractivity contribution in [3.8, 4) is 0 Å². The second kappa shape index (κ2) is 5.47. The fraction of sp³-hybridized carbons (Fsp3) is 0.846. The summed E-state index contributed by atoms with van der Waals surface area (Å²) in [5, 5.41) is 0. The van der Waals surface area contributed by atoms with E-state index >= 15 is 0 Å². The van der Waals surface area contributed by atoms with Crippen molar-refractivity contribution in [1.29, 1.82) is 0 Å². The van der Waals surface area contributed by atoms with Crippen molar-refractivity contribution in [1.82, 2.24) is 0 Å². The summed E-state index contributed by atoms with van der Waals surface area (Å²) in [5.41, 5.74) is 1.74. The van der Waals surface area contributed by atoms with Crippen molar-refractivity contribution in [2.45, 2.75) is 59.3 Å². The third-order valence-electron chi connectivity index (χ3n) is 3.60. The first-order chi connectivity index (χ1) is 6.33. The fourth-order valence-corrected chi connectivity index (χ4v) is 2.81. The highest BCUT2D eigenvalue weighted by molar-refractivity contribution is 5.09. The zero-order valence-electron chi connectivity index (χ0n) is 9.47. The van der Waals surface area contributed by atoms with Gasteiger partial charge in [0.15, 0.2) is 0 Å². The maximum Gasteiger partial charge on any atom is -0.0178 e. The molecule has 1 aliphatic rings. The molecule has 0 aromatic rings. The van der Waals surface area contributed by atoms with Gasteiger partial charge in [0.05, 0.1) is 0 Å². The molecule has 0 heterocycles. The van der Waals surface area contributed by atoms with Crippen LogP contribution in [0, 0.1) is 11.8 Å². The standard InChI is InChI=1S/C13H24/c1-4-11-9-7-8-10-12(5-2)13(11)6-3/h9,12-13H,4-8,10H2,1-3H3. The molecule has 2 unspecified atom stereocenters. The molecule has 0 heteroatoms. The largest absolute Gasteiger partial charge is 0.0851 e. The first-order valence-electron chi connectivity index (χ1n) is 6.02. The van der Waals surface area contributed by atoms with E-state index in [9.17, 15) is 0 Å². The molecule has 0 fully saturated rings. The summed E-state index contributed by atoms with van der Waals surface area (Å²) >= 11 is 0. The Hall–Kier alpha value is -0.260. The highest BCUT2D eigenvalue weighted by Gasteiger charge is 2.22. The third-order valence-corrected chi connectivity index (χ3v) is 3.60. The minimum Gasteiger partial charge on any atom is -0.0851 e. The van der Waals surface area contributed by atoms with Crippen LogP contribution in [0.2, 0.25) is 0 Å². The quantitative estimate of drug-likeness (QED) is 0.558. The Labute approximate surface area is 83.4 Å². The predicted octanol–water partition coefficient (Wildman–Crippen LogP) is 4.56. The molecule has 0 spiro atoms. The van der Waals surface area contributed by atoms with Crippen LogP contribution in [0.5, 0.6) is 0 Å². The van der Waals surface area contributed by atoms with Gasteiger partial charge in [0, 0.05) is 0 Å². The lowest BCUT2D eigenvalue weighted by atomic mass is 9.80. The first kappa shape index (κ1) is 10.8. The van der Waals surface area contributed by atoms with Crippen molar-refractivity contribution in [3.63, 3.8) is 0 Å². The van der Waals surface area contributed by atoms with Gasteiger partial charge in [-0.2, -0.15) is 0 Å². The predicted molar refractivity (Wildman–Crippen MR) is 59.8 cm³/mol. The zero-order chi connectivity index (χ0) is 9.68. The average Bonchev–Trinajstić information content (AvgIpc) is 2.37. The molecule has 0 N–H and O–H groups in total. The van der Waals surface area contributed by atoms with Crippen LogP contribution in [0.1, 0.15) is 59.3 Å². The zero-order valence-corrected chi connectivity index (χ0v) is 9.47. The lowest BCUT2D eigenvalue weighted by Crippen LogP contribution is -2.14. The summed E-state index contributed by atoms with van der Waals surface area (Å²) in [6, 6.07) is 0.